The third-order valence-corrected chi connectivity index (χ3v) is 5.09. The molecule has 2 aromatic carbocycles. The highest BCUT2D eigenvalue weighted by atomic mass is 35.5. The molecule has 21 heavy (non-hydrogen) atoms. The maximum absolute atomic E-state index is 6.19. The number of hydrogen-bond acceptors (Lipinski definition) is 2. The van der Waals surface area contributed by atoms with Crippen molar-refractivity contribution in [3.05, 3.63) is 70.2 Å². The zero-order valence-corrected chi connectivity index (χ0v) is 14.2. The van der Waals surface area contributed by atoms with Gasteiger partial charge in [0.25, 0.3) is 0 Å². The Kier molecular flexibility index (Phi) is 6.62. The molecule has 1 nitrogen and oxygen atoms in total. The van der Waals surface area contributed by atoms with Crippen LogP contribution in [0, 0.1) is 0 Å². The lowest BCUT2D eigenvalue weighted by atomic mass is 10.1. The molecule has 0 fully saturated rings. The predicted molar refractivity (Wildman–Crippen MR) is 95.2 cm³/mol. The summed E-state index contributed by atoms with van der Waals surface area (Å²) in [6, 6.07) is 17.4. The summed E-state index contributed by atoms with van der Waals surface area (Å²) < 4.78 is 0. The van der Waals surface area contributed by atoms with Gasteiger partial charge in [0.15, 0.2) is 0 Å². The van der Waals surface area contributed by atoms with Gasteiger partial charge >= 0.3 is 0 Å². The van der Waals surface area contributed by atoms with Crippen LogP contribution in [0.3, 0.4) is 0 Å². The Morgan fingerprint density at radius 3 is 2.43 bits per heavy atom. The minimum Gasteiger partial charge on any atom is -0.312 e. The standard InChI is InChI=1S/C18H22ClNS/c1-3-14-8-10-15(11-9-14)18(20-2)13-21-12-16-6-4-5-7-17(16)19/h4-11,18,20H,3,12-13H2,1-2H3. The minimum absolute atomic E-state index is 0.378. The van der Waals surface area contributed by atoms with Crippen molar-refractivity contribution in [3.63, 3.8) is 0 Å². The third-order valence-electron chi connectivity index (χ3n) is 3.64. The summed E-state index contributed by atoms with van der Waals surface area (Å²) in [6.45, 7) is 2.18. The van der Waals surface area contributed by atoms with Crippen LogP contribution < -0.4 is 5.32 Å². The van der Waals surface area contributed by atoms with Crippen molar-refractivity contribution in [2.75, 3.05) is 12.8 Å². The number of rotatable bonds is 7. The van der Waals surface area contributed by atoms with E-state index in [1.54, 1.807) is 0 Å². The normalized spacial score (nSPS) is 12.3. The van der Waals surface area contributed by atoms with Gasteiger partial charge in [-0.05, 0) is 36.2 Å². The summed E-state index contributed by atoms with van der Waals surface area (Å²) in [5.41, 5.74) is 3.94. The lowest BCUT2D eigenvalue weighted by molar-refractivity contribution is 0.661. The smallest absolute Gasteiger partial charge is 0.0446 e. The molecule has 0 aliphatic carbocycles. The second-order valence-electron chi connectivity index (χ2n) is 5.04. The molecule has 2 aromatic rings. The first-order valence-electron chi connectivity index (χ1n) is 7.31. The van der Waals surface area contributed by atoms with Crippen LogP contribution in [0.5, 0.6) is 0 Å². The van der Waals surface area contributed by atoms with Gasteiger partial charge in [0.05, 0.1) is 0 Å². The molecular formula is C18H22ClNS. The van der Waals surface area contributed by atoms with E-state index in [4.69, 9.17) is 11.6 Å². The molecule has 0 aliphatic heterocycles. The van der Waals surface area contributed by atoms with E-state index >= 15 is 0 Å². The number of hydrogen-bond donors (Lipinski definition) is 1. The van der Waals surface area contributed by atoms with Crippen molar-refractivity contribution in [2.45, 2.75) is 25.1 Å². The van der Waals surface area contributed by atoms with Crippen LogP contribution >= 0.6 is 23.4 Å². The molecular weight excluding hydrogens is 298 g/mol. The predicted octanol–water partition coefficient (Wildman–Crippen LogP) is 5.10. The van der Waals surface area contributed by atoms with Crippen LogP contribution in [0.15, 0.2) is 48.5 Å². The Morgan fingerprint density at radius 2 is 1.81 bits per heavy atom. The highest BCUT2D eigenvalue weighted by Gasteiger charge is 2.09. The Labute approximate surface area is 137 Å². The van der Waals surface area contributed by atoms with E-state index in [1.165, 1.54) is 16.7 Å². The number of thioether (sulfide) groups is 1. The summed E-state index contributed by atoms with van der Waals surface area (Å²) in [5.74, 6) is 1.98. The average molecular weight is 320 g/mol. The van der Waals surface area contributed by atoms with Crippen molar-refractivity contribution in [2.24, 2.45) is 0 Å². The van der Waals surface area contributed by atoms with Crippen molar-refractivity contribution in [1.29, 1.82) is 0 Å². The van der Waals surface area contributed by atoms with Gasteiger partial charge in [0.1, 0.15) is 0 Å². The number of benzene rings is 2. The Hall–Kier alpha value is -0.960. The van der Waals surface area contributed by atoms with Crippen LogP contribution in [0.4, 0.5) is 0 Å². The second-order valence-corrected chi connectivity index (χ2v) is 6.48. The molecule has 1 unspecified atom stereocenters. The molecule has 0 saturated heterocycles. The zero-order valence-electron chi connectivity index (χ0n) is 12.6. The maximum atomic E-state index is 6.19. The molecule has 2 rings (SSSR count). The molecule has 0 bridgehead atoms. The van der Waals surface area contributed by atoms with Gasteiger partial charge in [-0.3, -0.25) is 0 Å². The molecule has 0 spiro atoms. The van der Waals surface area contributed by atoms with Gasteiger partial charge in [0.2, 0.25) is 0 Å². The molecule has 0 radical (unpaired) electrons. The Morgan fingerprint density at radius 1 is 1.10 bits per heavy atom. The molecule has 112 valence electrons. The summed E-state index contributed by atoms with van der Waals surface area (Å²) in [6.07, 6.45) is 1.09. The fourth-order valence-corrected chi connectivity index (χ4v) is 3.70. The SMILES string of the molecule is CCc1ccc(C(CSCc2ccccc2Cl)NC)cc1. The van der Waals surface area contributed by atoms with Gasteiger partial charge in [-0.25, -0.2) is 0 Å². The summed E-state index contributed by atoms with van der Waals surface area (Å²) in [5, 5.41) is 4.26. The van der Waals surface area contributed by atoms with Gasteiger partial charge in [0, 0.05) is 22.6 Å². The van der Waals surface area contributed by atoms with E-state index < -0.39 is 0 Å². The van der Waals surface area contributed by atoms with E-state index in [1.807, 2.05) is 37.0 Å². The average Bonchev–Trinajstić information content (AvgIpc) is 2.53. The highest BCUT2D eigenvalue weighted by Crippen LogP contribution is 2.24. The first-order chi connectivity index (χ1) is 10.2. The van der Waals surface area contributed by atoms with Crippen molar-refractivity contribution < 1.29 is 0 Å². The first-order valence-corrected chi connectivity index (χ1v) is 8.85. The fourth-order valence-electron chi connectivity index (χ4n) is 2.23. The molecule has 1 N–H and O–H groups in total. The largest absolute Gasteiger partial charge is 0.312 e. The topological polar surface area (TPSA) is 12.0 Å². The number of nitrogens with one attached hydrogen (secondary N) is 1. The van der Waals surface area contributed by atoms with Crippen molar-refractivity contribution in [3.8, 4) is 0 Å². The van der Waals surface area contributed by atoms with Crippen LogP contribution in [0.2, 0.25) is 5.02 Å². The van der Waals surface area contributed by atoms with Crippen LogP contribution in [-0.2, 0) is 12.2 Å². The van der Waals surface area contributed by atoms with E-state index in [2.05, 4.69) is 42.6 Å². The minimum atomic E-state index is 0.378. The molecule has 0 saturated carbocycles. The summed E-state index contributed by atoms with van der Waals surface area (Å²) in [7, 11) is 2.02. The van der Waals surface area contributed by atoms with Crippen LogP contribution in [-0.4, -0.2) is 12.8 Å². The zero-order chi connectivity index (χ0) is 15.1. The van der Waals surface area contributed by atoms with E-state index in [0.717, 1.165) is 22.9 Å². The van der Waals surface area contributed by atoms with Gasteiger partial charge < -0.3 is 5.32 Å². The molecule has 0 aromatic heterocycles. The lowest BCUT2D eigenvalue weighted by Gasteiger charge is -2.17. The van der Waals surface area contributed by atoms with Gasteiger partial charge in [-0.2, -0.15) is 11.8 Å². The third kappa shape index (κ3) is 4.77. The summed E-state index contributed by atoms with van der Waals surface area (Å²) >= 11 is 8.11. The summed E-state index contributed by atoms with van der Waals surface area (Å²) in [4.78, 5) is 0. The van der Waals surface area contributed by atoms with E-state index in [0.29, 0.717) is 6.04 Å². The number of halogens is 1. The van der Waals surface area contributed by atoms with Gasteiger partial charge in [-0.1, -0.05) is 61.0 Å². The monoisotopic (exact) mass is 319 g/mol. The Bertz CT molecular complexity index is 553. The Balaban J connectivity index is 1.91. The van der Waals surface area contributed by atoms with Crippen molar-refractivity contribution >= 4 is 23.4 Å². The molecule has 3 heteroatoms. The molecule has 1 atom stereocenters. The van der Waals surface area contributed by atoms with Crippen molar-refractivity contribution in [1.82, 2.24) is 5.32 Å². The van der Waals surface area contributed by atoms with Crippen LogP contribution in [0.25, 0.3) is 0 Å². The van der Waals surface area contributed by atoms with Crippen LogP contribution in [0.1, 0.15) is 29.7 Å². The highest BCUT2D eigenvalue weighted by molar-refractivity contribution is 7.98. The fraction of sp³-hybridized carbons (Fsp3) is 0.333. The van der Waals surface area contributed by atoms with Gasteiger partial charge in [-0.15, -0.1) is 0 Å². The molecule has 0 heterocycles. The lowest BCUT2D eigenvalue weighted by Crippen LogP contribution is -2.18. The maximum Gasteiger partial charge on any atom is 0.0446 e. The second kappa shape index (κ2) is 8.47. The molecule has 0 aliphatic rings. The number of aryl methyl sites for hydroxylation is 1. The first kappa shape index (κ1) is 16.4. The quantitative estimate of drug-likeness (QED) is 0.762. The molecule has 0 amide bonds. The van der Waals surface area contributed by atoms with E-state index in [-0.39, 0.29) is 0 Å². The van der Waals surface area contributed by atoms with E-state index in [9.17, 15) is 0 Å².